The first kappa shape index (κ1) is 13.2. The van der Waals surface area contributed by atoms with Crippen molar-refractivity contribution in [2.24, 2.45) is 5.92 Å². The number of nitrogens with zero attached hydrogens (tertiary/aromatic N) is 1. The van der Waals surface area contributed by atoms with Crippen molar-refractivity contribution in [1.29, 1.82) is 0 Å². The summed E-state index contributed by atoms with van der Waals surface area (Å²) in [5.74, 6) is 0.445. The molecule has 1 saturated carbocycles. The first-order chi connectivity index (χ1) is 9.75. The van der Waals surface area contributed by atoms with Gasteiger partial charge in [0.25, 0.3) is 0 Å². The molecule has 1 aromatic carbocycles. The fourth-order valence-corrected chi connectivity index (χ4v) is 2.93. The van der Waals surface area contributed by atoms with Gasteiger partial charge in [0.1, 0.15) is 0 Å². The molecule has 1 aliphatic carbocycles. The summed E-state index contributed by atoms with van der Waals surface area (Å²) in [6.07, 6.45) is 3.06. The van der Waals surface area contributed by atoms with Gasteiger partial charge < -0.3 is 10.2 Å². The van der Waals surface area contributed by atoms with E-state index in [-0.39, 0.29) is 24.3 Å². The van der Waals surface area contributed by atoms with Crippen LogP contribution in [-0.4, -0.2) is 36.3 Å². The van der Waals surface area contributed by atoms with Gasteiger partial charge in [-0.15, -0.1) is 0 Å². The second kappa shape index (κ2) is 5.65. The van der Waals surface area contributed by atoms with Crippen LogP contribution in [0.5, 0.6) is 0 Å². The van der Waals surface area contributed by atoms with Crippen molar-refractivity contribution >= 4 is 11.8 Å². The van der Waals surface area contributed by atoms with Crippen LogP contribution in [0.25, 0.3) is 0 Å². The Morgan fingerprint density at radius 3 is 2.55 bits per heavy atom. The summed E-state index contributed by atoms with van der Waals surface area (Å²) in [7, 11) is 0. The predicted octanol–water partition coefficient (Wildman–Crippen LogP) is 1.53. The van der Waals surface area contributed by atoms with Gasteiger partial charge in [-0.05, 0) is 30.7 Å². The summed E-state index contributed by atoms with van der Waals surface area (Å²) in [5, 5.41) is 2.79. The molecule has 1 saturated heterocycles. The van der Waals surface area contributed by atoms with Crippen molar-refractivity contribution in [3.05, 3.63) is 35.9 Å². The zero-order valence-electron chi connectivity index (χ0n) is 11.5. The van der Waals surface area contributed by atoms with E-state index in [2.05, 4.69) is 17.4 Å². The Morgan fingerprint density at radius 2 is 1.85 bits per heavy atom. The van der Waals surface area contributed by atoms with Crippen LogP contribution in [0.3, 0.4) is 0 Å². The predicted molar refractivity (Wildman–Crippen MR) is 76.1 cm³/mol. The topological polar surface area (TPSA) is 49.4 Å². The smallest absolute Gasteiger partial charge is 0.241 e. The Kier molecular flexibility index (Phi) is 3.72. The number of benzene rings is 1. The lowest BCUT2D eigenvalue weighted by Crippen LogP contribution is -2.39. The van der Waals surface area contributed by atoms with Gasteiger partial charge in [-0.2, -0.15) is 0 Å². The zero-order chi connectivity index (χ0) is 13.9. The van der Waals surface area contributed by atoms with Gasteiger partial charge >= 0.3 is 0 Å². The molecule has 20 heavy (non-hydrogen) atoms. The van der Waals surface area contributed by atoms with Crippen LogP contribution >= 0.6 is 0 Å². The molecule has 106 valence electrons. The van der Waals surface area contributed by atoms with Crippen LogP contribution in [0, 0.1) is 5.92 Å². The van der Waals surface area contributed by atoms with E-state index in [0.29, 0.717) is 5.92 Å². The molecule has 4 nitrogen and oxygen atoms in total. The minimum Gasteiger partial charge on any atom is -0.347 e. The fraction of sp³-hybridized carbons (Fsp3) is 0.500. The van der Waals surface area contributed by atoms with Crippen LogP contribution in [0.2, 0.25) is 0 Å². The second-order valence-electron chi connectivity index (χ2n) is 5.67. The highest BCUT2D eigenvalue weighted by Crippen LogP contribution is 2.47. The Hall–Kier alpha value is -1.84. The largest absolute Gasteiger partial charge is 0.347 e. The summed E-state index contributed by atoms with van der Waals surface area (Å²) in [6, 6.07) is 10.1. The van der Waals surface area contributed by atoms with Crippen molar-refractivity contribution in [2.75, 3.05) is 19.6 Å². The van der Waals surface area contributed by atoms with E-state index >= 15 is 0 Å². The molecule has 2 amide bonds. The Balaban J connectivity index is 1.45. The van der Waals surface area contributed by atoms with Crippen molar-refractivity contribution in [1.82, 2.24) is 10.2 Å². The molecule has 2 atom stereocenters. The number of amides is 2. The maximum Gasteiger partial charge on any atom is 0.241 e. The molecule has 0 spiro atoms. The van der Waals surface area contributed by atoms with E-state index in [4.69, 9.17) is 0 Å². The van der Waals surface area contributed by atoms with Crippen LogP contribution in [-0.2, 0) is 9.59 Å². The summed E-state index contributed by atoms with van der Waals surface area (Å²) >= 11 is 0. The van der Waals surface area contributed by atoms with E-state index in [9.17, 15) is 9.59 Å². The number of hydrogen-bond donors (Lipinski definition) is 1. The average molecular weight is 272 g/mol. The van der Waals surface area contributed by atoms with Crippen molar-refractivity contribution in [2.45, 2.75) is 25.2 Å². The van der Waals surface area contributed by atoms with Crippen LogP contribution in [0.4, 0.5) is 0 Å². The maximum absolute atomic E-state index is 12.0. The number of hydrogen-bond acceptors (Lipinski definition) is 2. The number of nitrogens with one attached hydrogen (secondary N) is 1. The fourth-order valence-electron chi connectivity index (χ4n) is 2.93. The Labute approximate surface area is 119 Å². The van der Waals surface area contributed by atoms with Crippen molar-refractivity contribution in [3.8, 4) is 0 Å². The molecule has 0 bridgehead atoms. The molecule has 3 rings (SSSR count). The van der Waals surface area contributed by atoms with Gasteiger partial charge in [0.05, 0.1) is 6.54 Å². The van der Waals surface area contributed by atoms with Crippen LogP contribution < -0.4 is 5.32 Å². The molecule has 2 fully saturated rings. The standard InChI is InChI=1S/C16H20N2O2/c19-15(18-8-4-5-9-18)11-17-16(20)14-10-13(14)12-6-2-1-3-7-12/h1-3,6-7,13-14H,4-5,8-11H2,(H,17,20)/t13-,14+/m1/s1. The monoisotopic (exact) mass is 272 g/mol. The summed E-state index contributed by atoms with van der Waals surface area (Å²) in [6.45, 7) is 1.83. The van der Waals surface area contributed by atoms with Crippen molar-refractivity contribution < 1.29 is 9.59 Å². The summed E-state index contributed by atoms with van der Waals surface area (Å²) in [4.78, 5) is 25.7. The highest BCUT2D eigenvalue weighted by Gasteiger charge is 2.43. The van der Waals surface area contributed by atoms with E-state index in [1.54, 1.807) is 0 Å². The van der Waals surface area contributed by atoms with Gasteiger partial charge in [-0.3, -0.25) is 9.59 Å². The lowest BCUT2D eigenvalue weighted by Gasteiger charge is -2.15. The molecule has 0 unspecified atom stereocenters. The molecular formula is C16H20N2O2. The minimum absolute atomic E-state index is 0.0198. The van der Waals surface area contributed by atoms with Crippen LogP contribution in [0.1, 0.15) is 30.7 Å². The van der Waals surface area contributed by atoms with E-state index < -0.39 is 0 Å². The number of likely N-dealkylation sites (tertiary alicyclic amines) is 1. The third kappa shape index (κ3) is 2.84. The minimum atomic E-state index is 0.0198. The molecule has 0 aromatic heterocycles. The van der Waals surface area contributed by atoms with Gasteiger partial charge in [0.15, 0.2) is 0 Å². The lowest BCUT2D eigenvalue weighted by molar-refractivity contribution is -0.132. The van der Waals surface area contributed by atoms with Gasteiger partial charge in [0.2, 0.25) is 11.8 Å². The zero-order valence-corrected chi connectivity index (χ0v) is 11.5. The van der Waals surface area contributed by atoms with E-state index in [1.807, 2.05) is 23.1 Å². The Morgan fingerprint density at radius 1 is 1.15 bits per heavy atom. The van der Waals surface area contributed by atoms with Crippen molar-refractivity contribution in [3.63, 3.8) is 0 Å². The number of carbonyl (C=O) groups is 2. The maximum atomic E-state index is 12.0. The average Bonchev–Trinajstić information content (AvgIpc) is 3.10. The number of carbonyl (C=O) groups excluding carboxylic acids is 2. The molecular weight excluding hydrogens is 252 g/mol. The third-order valence-electron chi connectivity index (χ3n) is 4.23. The number of rotatable bonds is 4. The van der Waals surface area contributed by atoms with E-state index in [1.165, 1.54) is 5.56 Å². The SMILES string of the molecule is O=C(NCC(=O)N1CCCC1)[C@H]1C[C@@H]1c1ccccc1. The molecule has 0 radical (unpaired) electrons. The highest BCUT2D eigenvalue weighted by atomic mass is 16.2. The molecule has 1 N–H and O–H groups in total. The normalized spacial score (nSPS) is 24.5. The first-order valence-electron chi connectivity index (χ1n) is 7.36. The van der Waals surface area contributed by atoms with Crippen LogP contribution in [0.15, 0.2) is 30.3 Å². The van der Waals surface area contributed by atoms with Gasteiger partial charge in [0, 0.05) is 19.0 Å². The molecule has 1 heterocycles. The summed E-state index contributed by atoms with van der Waals surface area (Å²) in [5.41, 5.74) is 1.22. The molecule has 1 aromatic rings. The molecule has 2 aliphatic rings. The lowest BCUT2D eigenvalue weighted by atomic mass is 10.1. The van der Waals surface area contributed by atoms with Gasteiger partial charge in [-0.25, -0.2) is 0 Å². The molecule has 1 aliphatic heterocycles. The summed E-state index contributed by atoms with van der Waals surface area (Å²) < 4.78 is 0. The third-order valence-corrected chi connectivity index (χ3v) is 4.23. The Bertz CT molecular complexity index is 494. The first-order valence-corrected chi connectivity index (χ1v) is 7.36. The quantitative estimate of drug-likeness (QED) is 0.903. The molecule has 4 heteroatoms. The highest BCUT2D eigenvalue weighted by molar-refractivity contribution is 5.88. The van der Waals surface area contributed by atoms with E-state index in [0.717, 1.165) is 32.4 Å². The van der Waals surface area contributed by atoms with Gasteiger partial charge in [-0.1, -0.05) is 30.3 Å². The second-order valence-corrected chi connectivity index (χ2v) is 5.67.